The molecule has 12 heteroatoms. The van der Waals surface area contributed by atoms with Crippen molar-refractivity contribution in [2.24, 2.45) is 0 Å². The number of amides is 1. The van der Waals surface area contributed by atoms with Crippen LogP contribution in [-0.2, 0) is 0 Å². The second-order valence-electron chi connectivity index (χ2n) is 11.9. The standard InChI is InChI=1S/C32H44N10O2/c1-6-13-33-31(44)26-21-34-32(37-30(26)36-28-9-10-29(43)42(38-28)22(2)3)35-24-7-8-27(23(4)20-24)41-14-11-25(12-15-41)40-18-16-39(5)17-19-40/h6-10,20-22,25H,1,11-19H2,2-5H3,(H,33,44)(H2,34,35,36,37,38). The van der Waals surface area contributed by atoms with Gasteiger partial charge in [0.15, 0.2) is 5.82 Å². The summed E-state index contributed by atoms with van der Waals surface area (Å²) in [5.74, 6) is 0.622. The van der Waals surface area contributed by atoms with Crippen LogP contribution < -0.4 is 26.4 Å². The van der Waals surface area contributed by atoms with Gasteiger partial charge in [-0.15, -0.1) is 6.58 Å². The van der Waals surface area contributed by atoms with Gasteiger partial charge in [-0.2, -0.15) is 10.1 Å². The minimum absolute atomic E-state index is 0.128. The number of nitrogens with one attached hydrogen (secondary N) is 3. The van der Waals surface area contributed by atoms with Gasteiger partial charge in [0.25, 0.3) is 11.5 Å². The molecule has 234 valence electrons. The fourth-order valence-corrected chi connectivity index (χ4v) is 5.82. The van der Waals surface area contributed by atoms with E-state index in [2.05, 4.69) is 78.4 Å². The summed E-state index contributed by atoms with van der Waals surface area (Å²) in [5.41, 5.74) is 3.30. The molecule has 5 rings (SSSR count). The van der Waals surface area contributed by atoms with Crippen LogP contribution in [0.2, 0.25) is 0 Å². The number of rotatable bonds is 10. The molecule has 3 N–H and O–H groups in total. The van der Waals surface area contributed by atoms with Crippen molar-refractivity contribution in [3.63, 3.8) is 0 Å². The molecule has 3 aromatic rings. The van der Waals surface area contributed by atoms with Crippen LogP contribution in [0.4, 0.5) is 29.0 Å². The topological polar surface area (TPSA) is 124 Å². The Hall–Kier alpha value is -4.29. The Morgan fingerprint density at radius 1 is 1.07 bits per heavy atom. The molecule has 0 saturated carbocycles. The third-order valence-corrected chi connectivity index (χ3v) is 8.31. The average molecular weight is 601 g/mol. The molecule has 0 spiro atoms. The third kappa shape index (κ3) is 7.43. The summed E-state index contributed by atoms with van der Waals surface area (Å²) in [6.07, 6.45) is 5.44. The first-order valence-electron chi connectivity index (χ1n) is 15.4. The van der Waals surface area contributed by atoms with Crippen molar-refractivity contribution in [3.8, 4) is 0 Å². The molecular formula is C32H44N10O2. The predicted octanol–water partition coefficient (Wildman–Crippen LogP) is 3.54. The Balaban J connectivity index is 1.30. The molecular weight excluding hydrogens is 556 g/mol. The van der Waals surface area contributed by atoms with Gasteiger partial charge in [0.2, 0.25) is 5.95 Å². The maximum Gasteiger partial charge on any atom is 0.267 e. The lowest BCUT2D eigenvalue weighted by Gasteiger charge is -2.43. The van der Waals surface area contributed by atoms with Gasteiger partial charge < -0.3 is 25.8 Å². The van der Waals surface area contributed by atoms with Gasteiger partial charge >= 0.3 is 0 Å². The van der Waals surface area contributed by atoms with Crippen molar-refractivity contribution >= 4 is 34.9 Å². The largest absolute Gasteiger partial charge is 0.371 e. The van der Waals surface area contributed by atoms with E-state index in [0.29, 0.717) is 24.4 Å². The van der Waals surface area contributed by atoms with E-state index >= 15 is 0 Å². The van der Waals surface area contributed by atoms with Crippen LogP contribution in [-0.4, -0.2) is 94.4 Å². The summed E-state index contributed by atoms with van der Waals surface area (Å²) < 4.78 is 1.37. The normalized spacial score (nSPS) is 16.6. The first kappa shape index (κ1) is 31.1. The molecule has 0 aliphatic carbocycles. The Kier molecular flexibility index (Phi) is 9.91. The molecule has 2 saturated heterocycles. The molecule has 0 atom stereocenters. The zero-order chi connectivity index (χ0) is 31.2. The van der Waals surface area contributed by atoms with Crippen LogP contribution in [0.5, 0.6) is 0 Å². The molecule has 2 aromatic heterocycles. The van der Waals surface area contributed by atoms with E-state index in [1.54, 1.807) is 12.1 Å². The minimum Gasteiger partial charge on any atom is -0.371 e. The van der Waals surface area contributed by atoms with Gasteiger partial charge in [-0.25, -0.2) is 9.67 Å². The molecule has 2 aliphatic heterocycles. The highest BCUT2D eigenvalue weighted by Gasteiger charge is 2.27. The van der Waals surface area contributed by atoms with Crippen molar-refractivity contribution in [2.75, 3.05) is 68.4 Å². The highest BCUT2D eigenvalue weighted by Crippen LogP contribution is 2.29. The van der Waals surface area contributed by atoms with E-state index < -0.39 is 0 Å². The van der Waals surface area contributed by atoms with Crippen molar-refractivity contribution in [1.82, 2.24) is 34.9 Å². The van der Waals surface area contributed by atoms with Crippen molar-refractivity contribution in [2.45, 2.75) is 45.7 Å². The Bertz CT molecular complexity index is 1520. The average Bonchev–Trinajstić information content (AvgIpc) is 3.01. The molecule has 1 aromatic carbocycles. The number of carbonyl (C=O) groups is 1. The number of aryl methyl sites for hydroxylation is 1. The summed E-state index contributed by atoms with van der Waals surface area (Å²) in [6, 6.07) is 9.84. The fraction of sp³-hybridized carbons (Fsp3) is 0.469. The van der Waals surface area contributed by atoms with Gasteiger partial charge in [-0.05, 0) is 70.5 Å². The van der Waals surface area contributed by atoms with Crippen molar-refractivity contribution in [1.29, 1.82) is 0 Å². The fourth-order valence-electron chi connectivity index (χ4n) is 5.82. The van der Waals surface area contributed by atoms with E-state index in [1.807, 2.05) is 19.9 Å². The van der Waals surface area contributed by atoms with E-state index in [1.165, 1.54) is 54.1 Å². The molecule has 1 amide bonds. The number of carbonyl (C=O) groups excluding carboxylic acids is 1. The third-order valence-electron chi connectivity index (χ3n) is 8.31. The van der Waals surface area contributed by atoms with Crippen molar-refractivity contribution < 1.29 is 4.79 Å². The molecule has 2 aliphatic rings. The lowest BCUT2D eigenvalue weighted by atomic mass is 10.0. The maximum atomic E-state index is 12.9. The quantitative estimate of drug-likeness (QED) is 0.298. The number of likely N-dealkylation sites (N-methyl/N-ethyl adjacent to an activating group) is 1. The molecule has 2 fully saturated rings. The number of piperidine rings is 1. The summed E-state index contributed by atoms with van der Waals surface area (Å²) in [6.45, 7) is 16.6. The minimum atomic E-state index is -0.354. The monoisotopic (exact) mass is 600 g/mol. The molecule has 44 heavy (non-hydrogen) atoms. The lowest BCUT2D eigenvalue weighted by molar-refractivity contribution is 0.0958. The molecule has 12 nitrogen and oxygen atoms in total. The number of hydrogen-bond acceptors (Lipinski definition) is 10. The molecule has 4 heterocycles. The summed E-state index contributed by atoms with van der Waals surface area (Å²) in [7, 11) is 2.21. The lowest BCUT2D eigenvalue weighted by Crippen LogP contribution is -2.52. The summed E-state index contributed by atoms with van der Waals surface area (Å²) >= 11 is 0. The molecule has 0 bridgehead atoms. The molecule has 0 unspecified atom stereocenters. The number of hydrogen-bond donors (Lipinski definition) is 3. The predicted molar refractivity (Wildman–Crippen MR) is 175 cm³/mol. The van der Waals surface area contributed by atoms with Gasteiger partial charge in [-0.1, -0.05) is 6.08 Å². The number of piperazine rings is 1. The number of aromatic nitrogens is 4. The summed E-state index contributed by atoms with van der Waals surface area (Å²) in [5, 5.41) is 13.6. The first-order chi connectivity index (χ1) is 21.2. The van der Waals surface area contributed by atoms with Gasteiger partial charge in [-0.3, -0.25) is 14.5 Å². The van der Waals surface area contributed by atoms with Crippen molar-refractivity contribution in [3.05, 3.63) is 70.7 Å². The second-order valence-corrected chi connectivity index (χ2v) is 11.9. The Morgan fingerprint density at radius 3 is 2.50 bits per heavy atom. The van der Waals surface area contributed by atoms with E-state index in [0.717, 1.165) is 31.9 Å². The van der Waals surface area contributed by atoms with Crippen LogP contribution >= 0.6 is 0 Å². The van der Waals surface area contributed by atoms with Crippen LogP contribution in [0.1, 0.15) is 48.7 Å². The van der Waals surface area contributed by atoms with Gasteiger partial charge in [0.05, 0.1) is 6.04 Å². The number of anilines is 5. The van der Waals surface area contributed by atoms with Crippen LogP contribution in [0.15, 0.2) is 54.0 Å². The second kappa shape index (κ2) is 14.0. The van der Waals surface area contributed by atoms with E-state index in [-0.39, 0.29) is 28.9 Å². The zero-order valence-corrected chi connectivity index (χ0v) is 26.2. The smallest absolute Gasteiger partial charge is 0.267 e. The Morgan fingerprint density at radius 2 is 1.82 bits per heavy atom. The Labute approximate surface area is 259 Å². The van der Waals surface area contributed by atoms with Gasteiger partial charge in [0.1, 0.15) is 11.4 Å². The van der Waals surface area contributed by atoms with Crippen LogP contribution in [0.25, 0.3) is 0 Å². The van der Waals surface area contributed by atoms with E-state index in [4.69, 9.17) is 0 Å². The summed E-state index contributed by atoms with van der Waals surface area (Å²) in [4.78, 5) is 41.7. The SMILES string of the molecule is C=CCNC(=O)c1cnc(Nc2ccc(N3CCC(N4CCN(C)CC4)CC3)c(C)c2)nc1Nc1ccc(=O)n(C(C)C)n1. The zero-order valence-electron chi connectivity index (χ0n) is 26.2. The maximum absolute atomic E-state index is 12.9. The van der Waals surface area contributed by atoms with E-state index in [9.17, 15) is 9.59 Å². The van der Waals surface area contributed by atoms with Gasteiger partial charge in [0, 0.05) is 75.5 Å². The highest BCUT2D eigenvalue weighted by atomic mass is 16.1. The number of benzene rings is 1. The molecule has 0 radical (unpaired) electrons. The number of nitrogens with zero attached hydrogens (tertiary/aromatic N) is 7. The highest BCUT2D eigenvalue weighted by molar-refractivity contribution is 5.99. The van der Waals surface area contributed by atoms with Crippen LogP contribution in [0, 0.1) is 6.92 Å². The van der Waals surface area contributed by atoms with Crippen LogP contribution in [0.3, 0.4) is 0 Å². The first-order valence-corrected chi connectivity index (χ1v) is 15.4.